The molecule has 0 saturated carbocycles. The van der Waals surface area contributed by atoms with Crippen LogP contribution in [0.4, 0.5) is 0 Å². The molecule has 1 fully saturated rings. The maximum atomic E-state index is 12.7. The normalized spacial score (nSPS) is 18.9. The Balaban J connectivity index is 1.43. The number of likely N-dealkylation sites (tertiary alicyclic amines) is 1. The number of carbonyl (C=O) groups is 2. The van der Waals surface area contributed by atoms with Crippen LogP contribution in [0.2, 0.25) is 0 Å². The molecule has 0 bridgehead atoms. The Morgan fingerprint density at radius 3 is 2.73 bits per heavy atom. The van der Waals surface area contributed by atoms with E-state index in [9.17, 15) is 9.59 Å². The third-order valence-corrected chi connectivity index (χ3v) is 5.11. The number of guanidine groups is 1. The summed E-state index contributed by atoms with van der Waals surface area (Å²) in [6.07, 6.45) is 1.26. The molecule has 136 valence electrons. The van der Waals surface area contributed by atoms with E-state index < -0.39 is 5.54 Å². The van der Waals surface area contributed by atoms with Crippen LogP contribution in [-0.2, 0) is 16.0 Å². The second-order valence-electron chi connectivity index (χ2n) is 7.00. The van der Waals surface area contributed by atoms with E-state index in [1.807, 2.05) is 38.4 Å². The first-order chi connectivity index (χ1) is 12.5. The summed E-state index contributed by atoms with van der Waals surface area (Å²) in [6, 6.07) is 7.51. The summed E-state index contributed by atoms with van der Waals surface area (Å²) in [5.74, 6) is 0.508. The van der Waals surface area contributed by atoms with Gasteiger partial charge in [-0.25, -0.2) is 4.99 Å². The Kier molecular flexibility index (Phi) is 3.90. The van der Waals surface area contributed by atoms with Crippen LogP contribution in [-0.4, -0.2) is 65.5 Å². The summed E-state index contributed by atoms with van der Waals surface area (Å²) in [5.41, 5.74) is 0.593. The van der Waals surface area contributed by atoms with E-state index >= 15 is 0 Å². The number of para-hydroxylation sites is 1. The molecule has 1 spiro atoms. The number of rotatable bonds is 2. The SMILES string of the molecule is CN(C)C1=NC2(CCN(C(=O)Cc3noc4ccccc34)CC2)C(=O)N1. The molecule has 1 aromatic heterocycles. The molecular weight excluding hydrogens is 334 g/mol. The average Bonchev–Trinajstić information content (AvgIpc) is 3.18. The Morgan fingerprint density at radius 2 is 2.04 bits per heavy atom. The lowest BCUT2D eigenvalue weighted by Gasteiger charge is -2.35. The van der Waals surface area contributed by atoms with Crippen molar-refractivity contribution in [1.29, 1.82) is 0 Å². The van der Waals surface area contributed by atoms with Gasteiger partial charge in [0.2, 0.25) is 11.9 Å². The summed E-state index contributed by atoms with van der Waals surface area (Å²) in [5, 5.41) is 7.72. The van der Waals surface area contributed by atoms with E-state index in [-0.39, 0.29) is 18.2 Å². The number of nitrogens with one attached hydrogen (secondary N) is 1. The fourth-order valence-corrected chi connectivity index (χ4v) is 3.50. The number of benzene rings is 1. The smallest absolute Gasteiger partial charge is 0.254 e. The molecule has 0 radical (unpaired) electrons. The van der Waals surface area contributed by atoms with Gasteiger partial charge in [-0.3, -0.25) is 14.9 Å². The van der Waals surface area contributed by atoms with Gasteiger partial charge in [-0.05, 0) is 25.0 Å². The zero-order chi connectivity index (χ0) is 18.3. The molecule has 1 N–H and O–H groups in total. The van der Waals surface area contributed by atoms with Crippen molar-refractivity contribution >= 4 is 28.7 Å². The second kappa shape index (κ2) is 6.12. The number of nitrogens with zero attached hydrogens (tertiary/aromatic N) is 4. The lowest BCUT2D eigenvalue weighted by Crippen LogP contribution is -2.51. The summed E-state index contributed by atoms with van der Waals surface area (Å²) in [7, 11) is 3.69. The molecule has 1 aromatic carbocycles. The molecule has 26 heavy (non-hydrogen) atoms. The van der Waals surface area contributed by atoms with Gasteiger partial charge >= 0.3 is 0 Å². The molecule has 8 heteroatoms. The Labute approximate surface area is 150 Å². The molecule has 0 unspecified atom stereocenters. The van der Waals surface area contributed by atoms with Crippen LogP contribution in [0.15, 0.2) is 33.8 Å². The number of hydrogen-bond acceptors (Lipinski definition) is 6. The number of fused-ring (bicyclic) bond motifs is 1. The minimum atomic E-state index is -0.739. The molecule has 4 rings (SSSR count). The van der Waals surface area contributed by atoms with Gasteiger partial charge in [-0.15, -0.1) is 0 Å². The van der Waals surface area contributed by atoms with E-state index in [1.54, 1.807) is 9.80 Å². The monoisotopic (exact) mass is 355 g/mol. The summed E-state index contributed by atoms with van der Waals surface area (Å²) in [4.78, 5) is 33.2. The summed E-state index contributed by atoms with van der Waals surface area (Å²) >= 11 is 0. The first-order valence-electron chi connectivity index (χ1n) is 8.68. The lowest BCUT2D eigenvalue weighted by molar-refractivity contribution is -0.135. The maximum absolute atomic E-state index is 12.7. The van der Waals surface area contributed by atoms with Gasteiger partial charge in [-0.1, -0.05) is 17.3 Å². The number of piperidine rings is 1. The number of amides is 2. The number of aliphatic imine (C=N–C) groups is 1. The van der Waals surface area contributed by atoms with Crippen molar-refractivity contribution in [2.75, 3.05) is 27.2 Å². The molecule has 2 aromatic rings. The molecule has 2 aliphatic heterocycles. The highest BCUT2D eigenvalue weighted by Gasteiger charge is 2.46. The Morgan fingerprint density at radius 1 is 1.31 bits per heavy atom. The Bertz CT molecular complexity index is 893. The van der Waals surface area contributed by atoms with Crippen molar-refractivity contribution < 1.29 is 14.1 Å². The zero-order valence-electron chi connectivity index (χ0n) is 14.9. The van der Waals surface area contributed by atoms with Gasteiger partial charge in [0.15, 0.2) is 5.58 Å². The van der Waals surface area contributed by atoms with Crippen LogP contribution in [0, 0.1) is 0 Å². The predicted molar refractivity (Wildman–Crippen MR) is 95.5 cm³/mol. The molecular formula is C18H21N5O3. The minimum absolute atomic E-state index is 0.00544. The molecule has 1 saturated heterocycles. The van der Waals surface area contributed by atoms with Crippen molar-refractivity contribution in [2.45, 2.75) is 24.8 Å². The molecule has 0 atom stereocenters. The lowest BCUT2D eigenvalue weighted by atomic mass is 9.88. The highest BCUT2D eigenvalue weighted by Crippen LogP contribution is 2.30. The predicted octanol–water partition coefficient (Wildman–Crippen LogP) is 0.779. The van der Waals surface area contributed by atoms with E-state index in [2.05, 4.69) is 15.5 Å². The van der Waals surface area contributed by atoms with E-state index in [0.717, 1.165) is 5.39 Å². The third kappa shape index (κ3) is 2.71. The summed E-state index contributed by atoms with van der Waals surface area (Å²) in [6.45, 7) is 1.01. The molecule has 2 amide bonds. The van der Waals surface area contributed by atoms with Crippen LogP contribution in [0.5, 0.6) is 0 Å². The molecule has 8 nitrogen and oxygen atoms in total. The molecule has 0 aliphatic carbocycles. The minimum Gasteiger partial charge on any atom is -0.356 e. The number of carbonyl (C=O) groups excluding carboxylic acids is 2. The van der Waals surface area contributed by atoms with Crippen LogP contribution in [0.25, 0.3) is 11.0 Å². The fraction of sp³-hybridized carbons (Fsp3) is 0.444. The van der Waals surface area contributed by atoms with Gasteiger partial charge in [-0.2, -0.15) is 0 Å². The van der Waals surface area contributed by atoms with Gasteiger partial charge in [0.05, 0.1) is 6.42 Å². The second-order valence-corrected chi connectivity index (χ2v) is 7.00. The largest absolute Gasteiger partial charge is 0.356 e. The van der Waals surface area contributed by atoms with Crippen molar-refractivity contribution in [1.82, 2.24) is 20.3 Å². The van der Waals surface area contributed by atoms with E-state index in [1.165, 1.54) is 0 Å². The Hall–Kier alpha value is -2.90. The average molecular weight is 355 g/mol. The van der Waals surface area contributed by atoms with Gasteiger partial charge in [0, 0.05) is 32.6 Å². The van der Waals surface area contributed by atoms with Gasteiger partial charge in [0.1, 0.15) is 11.2 Å². The van der Waals surface area contributed by atoms with Crippen molar-refractivity contribution in [3.63, 3.8) is 0 Å². The highest BCUT2D eigenvalue weighted by molar-refractivity contribution is 6.07. The van der Waals surface area contributed by atoms with Crippen molar-refractivity contribution in [3.8, 4) is 0 Å². The topological polar surface area (TPSA) is 91.0 Å². The van der Waals surface area contributed by atoms with Crippen molar-refractivity contribution in [2.24, 2.45) is 4.99 Å². The maximum Gasteiger partial charge on any atom is 0.254 e. The summed E-state index contributed by atoms with van der Waals surface area (Å²) < 4.78 is 5.27. The first kappa shape index (κ1) is 16.6. The molecule has 3 heterocycles. The van der Waals surface area contributed by atoms with Crippen LogP contribution in [0.1, 0.15) is 18.5 Å². The van der Waals surface area contributed by atoms with Gasteiger partial charge in [0.25, 0.3) is 5.91 Å². The van der Waals surface area contributed by atoms with Crippen LogP contribution >= 0.6 is 0 Å². The van der Waals surface area contributed by atoms with Crippen molar-refractivity contribution in [3.05, 3.63) is 30.0 Å². The third-order valence-electron chi connectivity index (χ3n) is 5.11. The number of aromatic nitrogens is 1. The zero-order valence-corrected chi connectivity index (χ0v) is 14.9. The molecule has 2 aliphatic rings. The fourth-order valence-electron chi connectivity index (χ4n) is 3.50. The standard InChI is InChI=1S/C18H21N5O3/c1-22(2)17-19-16(25)18(20-17)7-9-23(10-8-18)15(24)11-13-12-5-3-4-6-14(12)26-21-13/h3-6H,7-11H2,1-2H3,(H,19,20,25). The van der Waals surface area contributed by atoms with Crippen LogP contribution < -0.4 is 5.32 Å². The quantitative estimate of drug-likeness (QED) is 0.860. The van der Waals surface area contributed by atoms with Crippen LogP contribution in [0.3, 0.4) is 0 Å². The van der Waals surface area contributed by atoms with Gasteiger partial charge < -0.3 is 14.3 Å². The van der Waals surface area contributed by atoms with E-state index in [4.69, 9.17) is 4.52 Å². The van der Waals surface area contributed by atoms with E-state index in [0.29, 0.717) is 43.2 Å². The highest BCUT2D eigenvalue weighted by atomic mass is 16.5. The number of hydrogen-bond donors (Lipinski definition) is 1. The first-order valence-corrected chi connectivity index (χ1v) is 8.68.